The third-order valence-corrected chi connectivity index (χ3v) is 5.66. The number of ketones is 1. The first kappa shape index (κ1) is 16.3. The average molecular weight is 286 g/mol. The number of carbonyl (C=O) groups excluding carboxylic acids is 1. The molecule has 1 heteroatoms. The maximum Gasteiger partial charge on any atom is 0.166 e. The van der Waals surface area contributed by atoms with E-state index in [0.717, 1.165) is 18.4 Å². The Labute approximate surface area is 130 Å². The van der Waals surface area contributed by atoms with Gasteiger partial charge < -0.3 is 0 Å². The molecule has 1 unspecified atom stereocenters. The molecular formula is C20H30O. The largest absolute Gasteiger partial charge is 0.294 e. The van der Waals surface area contributed by atoms with Gasteiger partial charge in [0.1, 0.15) is 0 Å². The van der Waals surface area contributed by atoms with Gasteiger partial charge in [0.2, 0.25) is 0 Å². The molecule has 0 bridgehead atoms. The van der Waals surface area contributed by atoms with Crippen LogP contribution in [0.15, 0.2) is 24.3 Å². The summed E-state index contributed by atoms with van der Waals surface area (Å²) in [6.07, 6.45) is 5.79. The number of hydrogen-bond acceptors (Lipinski definition) is 1. The van der Waals surface area contributed by atoms with Crippen molar-refractivity contribution in [2.45, 2.75) is 72.1 Å². The molecule has 0 amide bonds. The molecule has 0 spiro atoms. The molecule has 1 aromatic rings. The summed E-state index contributed by atoms with van der Waals surface area (Å²) in [5.41, 5.74) is 2.55. The predicted octanol–water partition coefficient (Wildman–Crippen LogP) is 5.77. The van der Waals surface area contributed by atoms with Crippen molar-refractivity contribution in [1.29, 1.82) is 0 Å². The van der Waals surface area contributed by atoms with Crippen LogP contribution in [-0.4, -0.2) is 5.78 Å². The molecule has 1 nitrogen and oxygen atoms in total. The summed E-state index contributed by atoms with van der Waals surface area (Å²) in [5.74, 6) is 0.539. The zero-order valence-corrected chi connectivity index (χ0v) is 14.3. The van der Waals surface area contributed by atoms with Crippen LogP contribution in [-0.2, 0) is 5.41 Å². The lowest BCUT2D eigenvalue weighted by Gasteiger charge is -2.37. The molecule has 1 aliphatic rings. The molecule has 116 valence electrons. The van der Waals surface area contributed by atoms with Gasteiger partial charge in [-0.15, -0.1) is 0 Å². The van der Waals surface area contributed by atoms with Crippen LogP contribution in [0.2, 0.25) is 0 Å². The Morgan fingerprint density at radius 1 is 1.19 bits per heavy atom. The van der Waals surface area contributed by atoms with Gasteiger partial charge in [0.05, 0.1) is 0 Å². The van der Waals surface area contributed by atoms with E-state index in [1.165, 1.54) is 24.8 Å². The molecule has 21 heavy (non-hydrogen) atoms. The van der Waals surface area contributed by atoms with Crippen LogP contribution in [0, 0.1) is 11.3 Å². The van der Waals surface area contributed by atoms with Crippen LogP contribution in [0.3, 0.4) is 0 Å². The first-order valence-electron chi connectivity index (χ1n) is 8.43. The van der Waals surface area contributed by atoms with Gasteiger partial charge in [-0.3, -0.25) is 4.79 Å². The molecule has 1 saturated carbocycles. The normalized spacial score (nSPS) is 22.0. The van der Waals surface area contributed by atoms with E-state index in [4.69, 9.17) is 0 Å². The summed E-state index contributed by atoms with van der Waals surface area (Å²) in [5, 5.41) is 0. The Morgan fingerprint density at radius 2 is 1.81 bits per heavy atom. The Balaban J connectivity index is 2.20. The fourth-order valence-electron chi connectivity index (χ4n) is 3.47. The number of Topliss-reactive ketones (excluding diaryl/α,β-unsaturated/α-hetero) is 1. The summed E-state index contributed by atoms with van der Waals surface area (Å²) in [7, 11) is 0. The summed E-state index contributed by atoms with van der Waals surface area (Å²) in [6, 6.07) is 8.37. The molecule has 0 N–H and O–H groups in total. The van der Waals surface area contributed by atoms with E-state index < -0.39 is 0 Å². The van der Waals surface area contributed by atoms with E-state index in [0.29, 0.717) is 5.78 Å². The quantitative estimate of drug-likeness (QED) is 0.642. The second-order valence-electron chi connectivity index (χ2n) is 7.97. The van der Waals surface area contributed by atoms with E-state index in [1.807, 2.05) is 12.1 Å². The minimum Gasteiger partial charge on any atom is -0.294 e. The van der Waals surface area contributed by atoms with Crippen molar-refractivity contribution in [3.8, 4) is 0 Å². The first-order valence-corrected chi connectivity index (χ1v) is 8.43. The maximum atomic E-state index is 12.8. The van der Waals surface area contributed by atoms with Crippen LogP contribution in [0.4, 0.5) is 0 Å². The Hall–Kier alpha value is -1.11. The molecule has 1 aliphatic carbocycles. The zero-order valence-electron chi connectivity index (χ0n) is 14.3. The SMILES string of the molecule is CCC(C)(C)c1ccc(C(=O)C2CCCCC2(C)C)cc1. The number of carbonyl (C=O) groups is 1. The second kappa shape index (κ2) is 5.94. The molecule has 0 aliphatic heterocycles. The topological polar surface area (TPSA) is 17.1 Å². The van der Waals surface area contributed by atoms with Crippen LogP contribution in [0.25, 0.3) is 0 Å². The molecule has 0 heterocycles. The van der Waals surface area contributed by atoms with Gasteiger partial charge in [0, 0.05) is 11.5 Å². The van der Waals surface area contributed by atoms with Crippen LogP contribution in [0.5, 0.6) is 0 Å². The number of rotatable bonds is 4. The monoisotopic (exact) mass is 286 g/mol. The standard InChI is InChI=1S/C20H30O/c1-6-19(2,3)16-12-10-15(11-13-16)18(21)17-9-7-8-14-20(17,4)5/h10-13,17H,6-9,14H2,1-5H3. The molecule has 2 rings (SSSR count). The second-order valence-corrected chi connectivity index (χ2v) is 7.97. The van der Waals surface area contributed by atoms with Crippen LogP contribution in [0.1, 0.15) is 82.6 Å². The van der Waals surface area contributed by atoms with Crippen molar-refractivity contribution < 1.29 is 4.79 Å². The van der Waals surface area contributed by atoms with Crippen molar-refractivity contribution >= 4 is 5.78 Å². The fraction of sp³-hybridized carbons (Fsp3) is 0.650. The maximum absolute atomic E-state index is 12.8. The molecule has 0 aromatic heterocycles. The smallest absolute Gasteiger partial charge is 0.166 e. The first-order chi connectivity index (χ1) is 9.78. The van der Waals surface area contributed by atoms with E-state index in [1.54, 1.807) is 0 Å². The van der Waals surface area contributed by atoms with Gasteiger partial charge in [0.15, 0.2) is 5.78 Å². The van der Waals surface area contributed by atoms with Gasteiger partial charge in [-0.05, 0) is 35.7 Å². The highest BCUT2D eigenvalue weighted by atomic mass is 16.1. The van der Waals surface area contributed by atoms with E-state index >= 15 is 0 Å². The lowest BCUT2D eigenvalue weighted by molar-refractivity contribution is 0.0697. The van der Waals surface area contributed by atoms with Gasteiger partial charge in [0.25, 0.3) is 0 Å². The van der Waals surface area contributed by atoms with E-state index in [2.05, 4.69) is 46.8 Å². The van der Waals surface area contributed by atoms with Crippen molar-refractivity contribution in [3.05, 3.63) is 35.4 Å². The Morgan fingerprint density at radius 3 is 2.33 bits per heavy atom. The lowest BCUT2D eigenvalue weighted by atomic mass is 9.66. The summed E-state index contributed by atoms with van der Waals surface area (Å²) in [4.78, 5) is 12.8. The average Bonchev–Trinajstić information content (AvgIpc) is 2.46. The number of benzene rings is 1. The number of hydrogen-bond donors (Lipinski definition) is 0. The van der Waals surface area contributed by atoms with Gasteiger partial charge in [-0.1, -0.05) is 71.7 Å². The zero-order chi connectivity index (χ0) is 15.7. The molecule has 1 fully saturated rings. The molecule has 1 atom stereocenters. The van der Waals surface area contributed by atoms with Gasteiger partial charge >= 0.3 is 0 Å². The van der Waals surface area contributed by atoms with Crippen LogP contribution >= 0.6 is 0 Å². The molecular weight excluding hydrogens is 256 g/mol. The minimum atomic E-state index is 0.149. The summed E-state index contributed by atoms with van der Waals surface area (Å²) < 4.78 is 0. The van der Waals surface area contributed by atoms with Crippen LogP contribution < -0.4 is 0 Å². The van der Waals surface area contributed by atoms with Gasteiger partial charge in [-0.2, -0.15) is 0 Å². The molecule has 0 radical (unpaired) electrons. The Bertz CT molecular complexity index is 493. The molecule has 0 saturated heterocycles. The van der Waals surface area contributed by atoms with Crippen molar-refractivity contribution in [3.63, 3.8) is 0 Å². The Kier molecular flexibility index (Phi) is 4.60. The van der Waals surface area contributed by atoms with Crippen molar-refractivity contribution in [2.75, 3.05) is 0 Å². The minimum absolute atomic E-state index is 0.149. The highest BCUT2D eigenvalue weighted by molar-refractivity contribution is 5.98. The van der Waals surface area contributed by atoms with E-state index in [9.17, 15) is 4.79 Å². The predicted molar refractivity (Wildman–Crippen MR) is 89.8 cm³/mol. The third-order valence-electron chi connectivity index (χ3n) is 5.66. The molecule has 1 aromatic carbocycles. The van der Waals surface area contributed by atoms with Crippen molar-refractivity contribution in [2.24, 2.45) is 11.3 Å². The lowest BCUT2D eigenvalue weighted by Crippen LogP contribution is -2.34. The summed E-state index contributed by atoms with van der Waals surface area (Å²) in [6.45, 7) is 11.2. The van der Waals surface area contributed by atoms with Gasteiger partial charge in [-0.25, -0.2) is 0 Å². The third kappa shape index (κ3) is 3.39. The highest BCUT2D eigenvalue weighted by Gasteiger charge is 2.37. The highest BCUT2D eigenvalue weighted by Crippen LogP contribution is 2.42. The summed E-state index contributed by atoms with van der Waals surface area (Å²) >= 11 is 0. The van der Waals surface area contributed by atoms with E-state index in [-0.39, 0.29) is 16.7 Å². The van der Waals surface area contributed by atoms with Crippen molar-refractivity contribution in [1.82, 2.24) is 0 Å². The fourth-order valence-corrected chi connectivity index (χ4v) is 3.47.